The number of anilines is 1. The molecule has 0 spiro atoms. The minimum absolute atomic E-state index is 0.320. The van der Waals surface area contributed by atoms with E-state index in [1.165, 1.54) is 13.2 Å². The van der Waals surface area contributed by atoms with Gasteiger partial charge in [-0.2, -0.15) is 0 Å². The number of carbonyl (C=O) groups excluding carboxylic acids is 2. The van der Waals surface area contributed by atoms with Crippen molar-refractivity contribution in [2.24, 2.45) is 0 Å². The predicted octanol–water partition coefficient (Wildman–Crippen LogP) is 2.28. The van der Waals surface area contributed by atoms with Crippen molar-refractivity contribution in [2.45, 2.75) is 13.8 Å². The van der Waals surface area contributed by atoms with Gasteiger partial charge in [-0.1, -0.05) is 6.07 Å². The molecular formula is C14H18N2O4. The van der Waals surface area contributed by atoms with Crippen LogP contribution < -0.4 is 15.4 Å². The molecule has 6 nitrogen and oxygen atoms in total. The predicted molar refractivity (Wildman–Crippen MR) is 75.5 cm³/mol. The largest absolute Gasteiger partial charge is 0.501 e. The monoisotopic (exact) mass is 278 g/mol. The van der Waals surface area contributed by atoms with Crippen LogP contribution in [0.5, 0.6) is 5.75 Å². The second kappa shape index (κ2) is 7.83. The first-order valence-electron chi connectivity index (χ1n) is 6.14. The molecule has 0 saturated carbocycles. The average Bonchev–Trinajstić information content (AvgIpc) is 2.38. The van der Waals surface area contributed by atoms with Crippen LogP contribution in [0.3, 0.4) is 0 Å². The van der Waals surface area contributed by atoms with Gasteiger partial charge in [0.05, 0.1) is 12.9 Å². The minimum atomic E-state index is -0.536. The van der Waals surface area contributed by atoms with Crippen molar-refractivity contribution in [3.63, 3.8) is 0 Å². The Kier molecular flexibility index (Phi) is 6.09. The molecule has 0 heterocycles. The van der Waals surface area contributed by atoms with Crippen LogP contribution in [-0.2, 0) is 9.53 Å². The third-order valence-electron chi connectivity index (χ3n) is 2.29. The van der Waals surface area contributed by atoms with E-state index in [4.69, 9.17) is 9.47 Å². The van der Waals surface area contributed by atoms with Crippen LogP contribution in [0.1, 0.15) is 13.8 Å². The van der Waals surface area contributed by atoms with Crippen molar-refractivity contribution in [3.05, 3.63) is 36.1 Å². The summed E-state index contributed by atoms with van der Waals surface area (Å²) < 4.78 is 9.92. The molecule has 0 aromatic heterocycles. The Morgan fingerprint density at radius 3 is 2.75 bits per heavy atom. The normalized spacial score (nSPS) is 10.7. The molecule has 0 aliphatic rings. The van der Waals surface area contributed by atoms with Gasteiger partial charge in [0, 0.05) is 24.4 Å². The van der Waals surface area contributed by atoms with Gasteiger partial charge in [-0.25, -0.2) is 4.79 Å². The molecule has 108 valence electrons. The van der Waals surface area contributed by atoms with Gasteiger partial charge in [0.25, 0.3) is 5.91 Å². The van der Waals surface area contributed by atoms with Crippen molar-refractivity contribution < 1.29 is 19.1 Å². The maximum Gasteiger partial charge on any atom is 0.412 e. The lowest BCUT2D eigenvalue weighted by Crippen LogP contribution is -2.26. The fourth-order valence-corrected chi connectivity index (χ4v) is 1.35. The number of hydrogen-bond donors (Lipinski definition) is 2. The summed E-state index contributed by atoms with van der Waals surface area (Å²) in [5, 5.41) is 5.16. The van der Waals surface area contributed by atoms with Gasteiger partial charge in [0.2, 0.25) is 0 Å². The second-order valence-electron chi connectivity index (χ2n) is 3.90. The van der Waals surface area contributed by atoms with Crippen LogP contribution in [0, 0.1) is 0 Å². The number of amides is 2. The topological polar surface area (TPSA) is 76.7 Å². The summed E-state index contributed by atoms with van der Waals surface area (Å²) in [5.41, 5.74) is 0.525. The summed E-state index contributed by atoms with van der Waals surface area (Å²) >= 11 is 0. The number of carbonyl (C=O) groups is 2. The highest BCUT2D eigenvalue weighted by atomic mass is 16.6. The molecule has 0 unspecified atom stereocenters. The number of rotatable bonds is 5. The van der Waals surface area contributed by atoms with Gasteiger partial charge in [-0.05, 0) is 26.0 Å². The zero-order valence-electron chi connectivity index (χ0n) is 11.7. The summed E-state index contributed by atoms with van der Waals surface area (Å²) in [6.07, 6.45) is 0.795. The Bertz CT molecular complexity index is 512. The maximum absolute atomic E-state index is 11.6. The first kappa shape index (κ1) is 15.6. The Balaban J connectivity index is 2.68. The third-order valence-corrected chi connectivity index (χ3v) is 2.29. The van der Waals surface area contributed by atoms with E-state index >= 15 is 0 Å². The quantitative estimate of drug-likeness (QED) is 0.640. The number of hydrogen-bond acceptors (Lipinski definition) is 4. The van der Waals surface area contributed by atoms with Gasteiger partial charge < -0.3 is 20.1 Å². The Labute approximate surface area is 117 Å². The van der Waals surface area contributed by atoms with Gasteiger partial charge in [0.1, 0.15) is 5.75 Å². The highest BCUT2D eigenvalue weighted by Crippen LogP contribution is 2.17. The van der Waals surface area contributed by atoms with Gasteiger partial charge in [-0.15, -0.1) is 0 Å². The molecule has 0 bridgehead atoms. The fraction of sp³-hybridized carbons (Fsp3) is 0.286. The smallest absolute Gasteiger partial charge is 0.412 e. The molecule has 20 heavy (non-hydrogen) atoms. The summed E-state index contributed by atoms with van der Waals surface area (Å²) in [6, 6.07) is 6.56. The molecule has 1 aromatic rings. The van der Waals surface area contributed by atoms with E-state index in [0.29, 0.717) is 23.7 Å². The third kappa shape index (κ3) is 5.43. The summed E-state index contributed by atoms with van der Waals surface area (Å²) in [5.74, 6) is 0.526. The average molecular weight is 278 g/mol. The molecule has 0 atom stereocenters. The lowest BCUT2D eigenvalue weighted by molar-refractivity contribution is -0.112. The number of ether oxygens (including phenoxy) is 2. The van der Waals surface area contributed by atoms with E-state index in [2.05, 4.69) is 10.6 Å². The molecule has 0 radical (unpaired) electrons. The molecular weight excluding hydrogens is 260 g/mol. The van der Waals surface area contributed by atoms with E-state index in [0.717, 1.165) is 0 Å². The first-order valence-corrected chi connectivity index (χ1v) is 6.14. The highest BCUT2D eigenvalue weighted by molar-refractivity contribution is 5.99. The van der Waals surface area contributed by atoms with E-state index in [1.54, 1.807) is 38.1 Å². The zero-order chi connectivity index (χ0) is 15.0. The number of allylic oxidation sites excluding steroid dienone is 1. The van der Waals surface area contributed by atoms with Crippen LogP contribution in [0.15, 0.2) is 36.1 Å². The summed E-state index contributed by atoms with van der Waals surface area (Å²) in [6.45, 7) is 3.95. The number of nitrogens with one attached hydrogen (secondary N) is 2. The fourth-order valence-electron chi connectivity index (χ4n) is 1.35. The summed E-state index contributed by atoms with van der Waals surface area (Å²) in [7, 11) is 1.49. The van der Waals surface area contributed by atoms with Crippen molar-refractivity contribution in [1.29, 1.82) is 0 Å². The molecule has 0 aliphatic carbocycles. The van der Waals surface area contributed by atoms with E-state index < -0.39 is 6.09 Å². The highest BCUT2D eigenvalue weighted by Gasteiger charge is 2.05. The summed E-state index contributed by atoms with van der Waals surface area (Å²) in [4.78, 5) is 22.9. The van der Waals surface area contributed by atoms with Gasteiger partial charge >= 0.3 is 6.09 Å². The molecule has 1 rings (SSSR count). The van der Waals surface area contributed by atoms with Crippen LogP contribution in [0.2, 0.25) is 0 Å². The molecule has 1 aromatic carbocycles. The van der Waals surface area contributed by atoms with Crippen molar-refractivity contribution in [2.75, 3.05) is 19.0 Å². The maximum atomic E-state index is 11.6. The van der Waals surface area contributed by atoms with Gasteiger partial charge in [0.15, 0.2) is 0 Å². The molecule has 6 heteroatoms. The van der Waals surface area contributed by atoms with Gasteiger partial charge in [-0.3, -0.25) is 4.79 Å². The second-order valence-corrected chi connectivity index (χ2v) is 3.90. The molecule has 2 N–H and O–H groups in total. The van der Waals surface area contributed by atoms with Crippen LogP contribution in [-0.4, -0.2) is 25.7 Å². The van der Waals surface area contributed by atoms with Crippen LogP contribution in [0.4, 0.5) is 10.5 Å². The molecule has 0 aliphatic heterocycles. The lowest BCUT2D eigenvalue weighted by Gasteiger charge is -2.07. The number of methoxy groups -OCH3 is 1. The Morgan fingerprint density at radius 2 is 2.10 bits per heavy atom. The Morgan fingerprint density at radius 1 is 1.35 bits per heavy atom. The van der Waals surface area contributed by atoms with Crippen molar-refractivity contribution in [3.8, 4) is 5.75 Å². The minimum Gasteiger partial charge on any atom is -0.501 e. The molecule has 0 saturated heterocycles. The molecule has 0 fully saturated rings. The standard InChI is InChI=1S/C14H18N2O4/c1-4-15-14(18)20-12-7-5-6-11(9-12)16-13(17)8-10(2)19-3/h5-9H,4H2,1-3H3,(H,15,18)(H,16,17). The Hall–Kier alpha value is -2.50. The van der Waals surface area contributed by atoms with E-state index in [-0.39, 0.29) is 5.91 Å². The van der Waals surface area contributed by atoms with E-state index in [1.807, 2.05) is 0 Å². The van der Waals surface area contributed by atoms with Crippen LogP contribution >= 0.6 is 0 Å². The SMILES string of the molecule is CCNC(=O)Oc1cccc(NC(=O)C=C(C)OC)c1. The lowest BCUT2D eigenvalue weighted by atomic mass is 10.3. The first-order chi connectivity index (χ1) is 9.55. The van der Waals surface area contributed by atoms with Crippen LogP contribution in [0.25, 0.3) is 0 Å². The molecule has 2 amide bonds. The van der Waals surface area contributed by atoms with Crippen molar-refractivity contribution in [1.82, 2.24) is 5.32 Å². The zero-order valence-corrected chi connectivity index (χ0v) is 11.7. The van der Waals surface area contributed by atoms with E-state index in [9.17, 15) is 9.59 Å². The van der Waals surface area contributed by atoms with Crippen molar-refractivity contribution >= 4 is 17.7 Å². The number of benzene rings is 1.